The largest absolute Gasteiger partial charge is 0.328 e. The van der Waals surface area contributed by atoms with Crippen molar-refractivity contribution in [3.05, 3.63) is 44.9 Å². The van der Waals surface area contributed by atoms with Gasteiger partial charge in [-0.05, 0) is 31.0 Å². The van der Waals surface area contributed by atoms with Crippen molar-refractivity contribution in [3.8, 4) is 0 Å². The summed E-state index contributed by atoms with van der Waals surface area (Å²) in [6.07, 6.45) is 3.44. The van der Waals surface area contributed by atoms with Crippen molar-refractivity contribution >= 4 is 20.7 Å². The van der Waals surface area contributed by atoms with E-state index in [1.54, 1.807) is 0 Å². The maximum absolute atomic E-state index is 13.4. The molecule has 1 aromatic heterocycles. The zero-order valence-corrected chi connectivity index (χ0v) is 13.5. The molecule has 1 aliphatic carbocycles. The van der Waals surface area contributed by atoms with Crippen LogP contribution >= 0.6 is 0 Å². The Morgan fingerprint density at radius 3 is 2.52 bits per heavy atom. The molecule has 0 unspecified atom stereocenters. The van der Waals surface area contributed by atoms with E-state index in [-0.39, 0.29) is 17.4 Å². The number of hydrogen-bond acceptors (Lipinski definition) is 4. The predicted molar refractivity (Wildman–Crippen MR) is 84.8 cm³/mol. The molecule has 6 nitrogen and oxygen atoms in total. The lowest BCUT2D eigenvalue weighted by Crippen LogP contribution is -2.47. The summed E-state index contributed by atoms with van der Waals surface area (Å²) in [5, 5.41) is 0.0336. The Balaban J connectivity index is 2.21. The topological polar surface area (TPSA) is 89.0 Å². The lowest BCUT2D eigenvalue weighted by Gasteiger charge is -2.27. The van der Waals surface area contributed by atoms with E-state index < -0.39 is 31.7 Å². The highest BCUT2D eigenvalue weighted by Crippen LogP contribution is 2.37. The Bertz CT molecular complexity index is 985. The van der Waals surface area contributed by atoms with Crippen LogP contribution in [0.1, 0.15) is 25.7 Å². The quantitative estimate of drug-likeness (QED) is 0.909. The second-order valence-corrected chi connectivity index (χ2v) is 8.58. The van der Waals surface area contributed by atoms with Crippen molar-refractivity contribution in [2.45, 2.75) is 37.0 Å². The molecule has 8 heteroatoms. The van der Waals surface area contributed by atoms with Crippen molar-refractivity contribution in [1.29, 1.82) is 0 Å². The van der Waals surface area contributed by atoms with Crippen molar-refractivity contribution in [3.63, 3.8) is 0 Å². The first-order chi connectivity index (χ1) is 10.7. The Hall–Kier alpha value is -1.96. The van der Waals surface area contributed by atoms with E-state index in [4.69, 9.17) is 0 Å². The molecule has 1 N–H and O–H groups in total. The van der Waals surface area contributed by atoms with Gasteiger partial charge in [0.1, 0.15) is 5.82 Å². The van der Waals surface area contributed by atoms with Crippen LogP contribution in [-0.2, 0) is 16.4 Å². The molecule has 1 aliphatic rings. The van der Waals surface area contributed by atoms with E-state index in [1.807, 2.05) is 0 Å². The Kier molecular flexibility index (Phi) is 3.66. The highest BCUT2D eigenvalue weighted by Gasteiger charge is 2.44. The molecule has 0 atom stereocenters. The molecule has 1 aromatic carbocycles. The van der Waals surface area contributed by atoms with Crippen LogP contribution in [0.4, 0.5) is 4.39 Å². The zero-order chi connectivity index (χ0) is 16.8. The van der Waals surface area contributed by atoms with Crippen molar-refractivity contribution in [2.24, 2.45) is 0 Å². The van der Waals surface area contributed by atoms with Gasteiger partial charge in [-0.2, -0.15) is 0 Å². The maximum Gasteiger partial charge on any atom is 0.328 e. The molecule has 0 spiro atoms. The van der Waals surface area contributed by atoms with E-state index in [9.17, 15) is 22.4 Å². The summed E-state index contributed by atoms with van der Waals surface area (Å²) in [6, 6.07) is 3.52. The zero-order valence-electron chi connectivity index (χ0n) is 12.6. The normalized spacial score (nSPS) is 17.7. The third kappa shape index (κ3) is 2.60. The molecular formula is C15H17FN2O4S. The van der Waals surface area contributed by atoms with Gasteiger partial charge >= 0.3 is 5.69 Å². The summed E-state index contributed by atoms with van der Waals surface area (Å²) < 4.78 is 37.6. The Labute approximate surface area is 131 Å². The van der Waals surface area contributed by atoms with Crippen molar-refractivity contribution < 1.29 is 12.8 Å². The molecule has 1 heterocycles. The van der Waals surface area contributed by atoms with Gasteiger partial charge in [-0.1, -0.05) is 12.8 Å². The van der Waals surface area contributed by atoms with Crippen LogP contribution in [0.5, 0.6) is 0 Å². The summed E-state index contributed by atoms with van der Waals surface area (Å²) in [5.41, 5.74) is -1.11. The monoisotopic (exact) mass is 340 g/mol. The number of nitrogens with zero attached hydrogens (tertiary/aromatic N) is 1. The molecular weight excluding hydrogens is 323 g/mol. The van der Waals surface area contributed by atoms with Crippen LogP contribution in [0.2, 0.25) is 0 Å². The molecule has 0 aliphatic heterocycles. The smallest absolute Gasteiger partial charge is 0.307 e. The van der Waals surface area contributed by atoms with Crippen LogP contribution in [0.15, 0.2) is 27.8 Å². The number of rotatable bonds is 3. The van der Waals surface area contributed by atoms with Gasteiger partial charge in [0.2, 0.25) is 0 Å². The molecule has 3 rings (SSSR count). The Morgan fingerprint density at radius 1 is 1.26 bits per heavy atom. The van der Waals surface area contributed by atoms with E-state index in [2.05, 4.69) is 4.98 Å². The first-order valence-corrected chi connectivity index (χ1v) is 9.25. The molecule has 0 amide bonds. The number of H-pyrrole nitrogens is 1. The standard InChI is InChI=1S/C15H17FN2O4S/c1-23(21,22)15(6-2-3-7-15)9-18-13(19)11-8-10(16)4-5-12(11)17-14(18)20/h4-5,8H,2-3,6-7,9H2,1H3,(H,17,20). The van der Waals surface area contributed by atoms with Gasteiger partial charge in [-0.25, -0.2) is 17.6 Å². The van der Waals surface area contributed by atoms with E-state index in [1.165, 1.54) is 6.07 Å². The van der Waals surface area contributed by atoms with Gasteiger partial charge in [0.25, 0.3) is 5.56 Å². The number of sulfone groups is 1. The molecule has 0 saturated heterocycles. The average molecular weight is 340 g/mol. The van der Waals surface area contributed by atoms with Gasteiger partial charge < -0.3 is 4.98 Å². The fourth-order valence-electron chi connectivity index (χ4n) is 3.32. The predicted octanol–water partition coefficient (Wildman–Crippen LogP) is 1.19. The van der Waals surface area contributed by atoms with Crippen LogP contribution in [0.25, 0.3) is 10.9 Å². The first-order valence-electron chi connectivity index (χ1n) is 7.36. The average Bonchev–Trinajstić information content (AvgIpc) is 2.94. The fourth-order valence-corrected chi connectivity index (χ4v) is 4.71. The van der Waals surface area contributed by atoms with E-state index >= 15 is 0 Å². The van der Waals surface area contributed by atoms with Crippen LogP contribution in [0.3, 0.4) is 0 Å². The SMILES string of the molecule is CS(=O)(=O)C1(Cn2c(=O)[nH]c3ccc(F)cc3c2=O)CCCC1. The van der Waals surface area contributed by atoms with Crippen LogP contribution in [0, 0.1) is 5.82 Å². The maximum atomic E-state index is 13.4. The molecule has 1 fully saturated rings. The lowest BCUT2D eigenvalue weighted by atomic mass is 10.1. The second kappa shape index (κ2) is 5.30. The lowest BCUT2D eigenvalue weighted by molar-refractivity contribution is 0.443. The van der Waals surface area contributed by atoms with Crippen LogP contribution in [-0.4, -0.2) is 29.0 Å². The first kappa shape index (κ1) is 15.9. The third-order valence-corrected chi connectivity index (χ3v) is 6.80. The number of fused-ring (bicyclic) bond motifs is 1. The molecule has 1 saturated carbocycles. The molecule has 2 aromatic rings. The summed E-state index contributed by atoms with van der Waals surface area (Å²) in [5.74, 6) is -0.591. The van der Waals surface area contributed by atoms with Gasteiger partial charge in [0.05, 0.1) is 22.2 Å². The minimum Gasteiger partial charge on any atom is -0.307 e. The van der Waals surface area contributed by atoms with Gasteiger partial charge in [-0.3, -0.25) is 9.36 Å². The highest BCUT2D eigenvalue weighted by molar-refractivity contribution is 7.92. The number of aromatic amines is 1. The minimum absolute atomic E-state index is 0.0336. The number of nitrogens with one attached hydrogen (secondary N) is 1. The summed E-state index contributed by atoms with van der Waals surface area (Å²) in [7, 11) is -3.44. The van der Waals surface area contributed by atoms with E-state index in [0.29, 0.717) is 12.8 Å². The minimum atomic E-state index is -3.44. The molecule has 0 radical (unpaired) electrons. The summed E-state index contributed by atoms with van der Waals surface area (Å²) in [6.45, 7) is -0.202. The van der Waals surface area contributed by atoms with Crippen molar-refractivity contribution in [1.82, 2.24) is 9.55 Å². The molecule has 0 bridgehead atoms. The number of halogens is 1. The second-order valence-electron chi connectivity index (χ2n) is 6.17. The number of hydrogen-bond donors (Lipinski definition) is 1. The summed E-state index contributed by atoms with van der Waals surface area (Å²) >= 11 is 0. The molecule has 124 valence electrons. The van der Waals surface area contributed by atoms with Crippen LogP contribution < -0.4 is 11.2 Å². The fraction of sp³-hybridized carbons (Fsp3) is 0.467. The number of aromatic nitrogens is 2. The number of benzene rings is 1. The third-order valence-electron chi connectivity index (χ3n) is 4.69. The molecule has 23 heavy (non-hydrogen) atoms. The van der Waals surface area contributed by atoms with Gasteiger partial charge in [0, 0.05) is 6.26 Å². The van der Waals surface area contributed by atoms with E-state index in [0.717, 1.165) is 35.8 Å². The summed E-state index contributed by atoms with van der Waals surface area (Å²) in [4.78, 5) is 27.3. The van der Waals surface area contributed by atoms with Crippen molar-refractivity contribution in [2.75, 3.05) is 6.26 Å². The Morgan fingerprint density at radius 2 is 1.91 bits per heavy atom. The van der Waals surface area contributed by atoms with Gasteiger partial charge in [-0.15, -0.1) is 0 Å². The highest BCUT2D eigenvalue weighted by atomic mass is 32.2. The van der Waals surface area contributed by atoms with Gasteiger partial charge in [0.15, 0.2) is 9.84 Å².